The highest BCUT2D eigenvalue weighted by Crippen LogP contribution is 2.23. The second-order valence-corrected chi connectivity index (χ2v) is 5.89. The van der Waals surface area contributed by atoms with Crippen LogP contribution in [-0.4, -0.2) is 26.3 Å². The van der Waals surface area contributed by atoms with E-state index in [0.717, 1.165) is 5.56 Å². The third-order valence-electron chi connectivity index (χ3n) is 2.55. The molecule has 5 heteroatoms. The first-order chi connectivity index (χ1) is 7.51. The molecule has 2 rings (SSSR count). The first-order valence-corrected chi connectivity index (χ1v) is 6.54. The highest BCUT2D eigenvalue weighted by Gasteiger charge is 2.35. The Bertz CT molecular complexity index is 505. The summed E-state index contributed by atoms with van der Waals surface area (Å²) in [4.78, 5) is 4.14. The van der Waals surface area contributed by atoms with Gasteiger partial charge in [-0.15, -0.1) is 0 Å². The van der Waals surface area contributed by atoms with E-state index in [1.54, 1.807) is 31.2 Å². The van der Waals surface area contributed by atoms with Crippen molar-refractivity contribution in [2.45, 2.75) is 30.2 Å². The van der Waals surface area contributed by atoms with Gasteiger partial charge in [0.15, 0.2) is 11.8 Å². The molecule has 2 atom stereocenters. The molecule has 0 spiro atoms. The molecule has 0 N–H and O–H groups in total. The Morgan fingerprint density at radius 2 is 1.88 bits per heavy atom. The molecule has 1 aliphatic heterocycles. The van der Waals surface area contributed by atoms with Crippen molar-refractivity contribution in [3.8, 4) is 0 Å². The number of aryl methyl sites for hydroxylation is 1. The van der Waals surface area contributed by atoms with Gasteiger partial charge in [0.1, 0.15) is 6.10 Å². The molecule has 86 valence electrons. The minimum Gasteiger partial charge on any atom is -0.477 e. The van der Waals surface area contributed by atoms with E-state index in [4.69, 9.17) is 4.74 Å². The topological polar surface area (TPSA) is 55.7 Å². The predicted molar refractivity (Wildman–Crippen MR) is 61.2 cm³/mol. The molecule has 4 nitrogen and oxygen atoms in total. The largest absolute Gasteiger partial charge is 0.477 e. The molecule has 1 aromatic rings. The Morgan fingerprint density at radius 3 is 2.38 bits per heavy atom. The van der Waals surface area contributed by atoms with Gasteiger partial charge >= 0.3 is 0 Å². The summed E-state index contributed by atoms with van der Waals surface area (Å²) in [7, 11) is -3.43. The van der Waals surface area contributed by atoms with Gasteiger partial charge in [0.05, 0.1) is 4.90 Å². The third kappa shape index (κ3) is 1.82. The third-order valence-corrected chi connectivity index (χ3v) is 4.62. The highest BCUT2D eigenvalue weighted by molar-refractivity contribution is 7.92. The van der Waals surface area contributed by atoms with Gasteiger partial charge in [-0.25, -0.2) is 13.4 Å². The average molecular weight is 239 g/mol. The lowest BCUT2D eigenvalue weighted by atomic mass is 10.2. The number of rotatable bonds is 2. The van der Waals surface area contributed by atoms with Crippen LogP contribution in [0.3, 0.4) is 0 Å². The van der Waals surface area contributed by atoms with Gasteiger partial charge in [0.25, 0.3) is 0 Å². The van der Waals surface area contributed by atoms with Gasteiger partial charge in [-0.2, -0.15) is 0 Å². The van der Waals surface area contributed by atoms with Crippen molar-refractivity contribution in [1.29, 1.82) is 0 Å². The zero-order valence-corrected chi connectivity index (χ0v) is 9.94. The fraction of sp³-hybridized carbons (Fsp3) is 0.364. The van der Waals surface area contributed by atoms with Crippen LogP contribution in [0.25, 0.3) is 0 Å². The number of hydrogen-bond donors (Lipinski definition) is 0. The lowest BCUT2D eigenvalue weighted by Gasteiger charge is -2.13. The summed E-state index contributed by atoms with van der Waals surface area (Å²) in [6.07, 6.45) is 0.785. The van der Waals surface area contributed by atoms with E-state index in [2.05, 4.69) is 4.99 Å². The van der Waals surface area contributed by atoms with Gasteiger partial charge in [-0.3, -0.25) is 0 Å². The van der Waals surface area contributed by atoms with E-state index in [9.17, 15) is 8.42 Å². The maximum absolute atomic E-state index is 12.2. The standard InChI is InChI=1S/C11H13NO3S/c1-8-3-5-10(6-4-8)16(13,14)11-9(2)15-7-12-11/h3-7,9,11H,1-2H3. The van der Waals surface area contributed by atoms with Crippen LogP contribution in [0.5, 0.6) is 0 Å². The van der Waals surface area contributed by atoms with Crippen LogP contribution in [0, 0.1) is 6.92 Å². The van der Waals surface area contributed by atoms with E-state index in [-0.39, 0.29) is 4.90 Å². The van der Waals surface area contributed by atoms with Gasteiger partial charge in [-0.1, -0.05) is 17.7 Å². The number of ether oxygens (including phenoxy) is 1. The molecule has 1 heterocycles. The molecule has 2 unspecified atom stereocenters. The molecule has 0 saturated carbocycles. The van der Waals surface area contributed by atoms with Crippen molar-refractivity contribution in [2.24, 2.45) is 4.99 Å². The fourth-order valence-corrected chi connectivity index (χ4v) is 3.15. The summed E-state index contributed by atoms with van der Waals surface area (Å²) in [5, 5.41) is -0.824. The van der Waals surface area contributed by atoms with Gasteiger partial charge in [0, 0.05) is 0 Å². The zero-order valence-electron chi connectivity index (χ0n) is 9.12. The van der Waals surface area contributed by atoms with Crippen LogP contribution in [-0.2, 0) is 14.6 Å². The molecular formula is C11H13NO3S. The summed E-state index contributed by atoms with van der Waals surface area (Å²) in [5.74, 6) is 0. The monoisotopic (exact) mass is 239 g/mol. The molecule has 0 aromatic heterocycles. The maximum atomic E-state index is 12.2. The normalized spacial score (nSPS) is 24.4. The lowest BCUT2D eigenvalue weighted by Crippen LogP contribution is -2.27. The molecule has 0 bridgehead atoms. The van der Waals surface area contributed by atoms with Crippen molar-refractivity contribution in [3.05, 3.63) is 29.8 Å². The van der Waals surface area contributed by atoms with E-state index in [0.29, 0.717) is 0 Å². The number of benzene rings is 1. The quantitative estimate of drug-likeness (QED) is 0.786. The second-order valence-electron chi connectivity index (χ2n) is 3.84. The minimum absolute atomic E-state index is 0.289. The van der Waals surface area contributed by atoms with Crippen molar-refractivity contribution in [2.75, 3.05) is 0 Å². The molecular weight excluding hydrogens is 226 g/mol. The minimum atomic E-state index is -3.43. The Balaban J connectivity index is 2.39. The maximum Gasteiger partial charge on any atom is 0.205 e. The van der Waals surface area contributed by atoms with Crippen LogP contribution in [0.4, 0.5) is 0 Å². The molecule has 0 radical (unpaired) electrons. The number of sulfone groups is 1. The van der Waals surface area contributed by atoms with Crippen LogP contribution in [0.15, 0.2) is 34.2 Å². The van der Waals surface area contributed by atoms with Crippen LogP contribution in [0.1, 0.15) is 12.5 Å². The average Bonchev–Trinajstić information content (AvgIpc) is 2.66. The first-order valence-electron chi connectivity index (χ1n) is 4.99. The molecule has 1 aromatic carbocycles. The highest BCUT2D eigenvalue weighted by atomic mass is 32.2. The Hall–Kier alpha value is -1.36. The van der Waals surface area contributed by atoms with Crippen LogP contribution in [0.2, 0.25) is 0 Å². The van der Waals surface area contributed by atoms with Crippen molar-refractivity contribution < 1.29 is 13.2 Å². The molecule has 0 aliphatic carbocycles. The van der Waals surface area contributed by atoms with Crippen LogP contribution >= 0.6 is 0 Å². The van der Waals surface area contributed by atoms with Gasteiger partial charge in [-0.05, 0) is 26.0 Å². The molecule has 16 heavy (non-hydrogen) atoms. The molecule has 0 fully saturated rings. The Morgan fingerprint density at radius 1 is 1.25 bits per heavy atom. The van der Waals surface area contributed by atoms with Crippen LogP contribution < -0.4 is 0 Å². The molecule has 1 aliphatic rings. The zero-order chi connectivity index (χ0) is 11.8. The summed E-state index contributed by atoms with van der Waals surface area (Å²) in [6, 6.07) is 6.75. The van der Waals surface area contributed by atoms with E-state index < -0.39 is 21.3 Å². The van der Waals surface area contributed by atoms with E-state index in [1.807, 2.05) is 6.92 Å². The summed E-state index contributed by atoms with van der Waals surface area (Å²) < 4.78 is 29.4. The van der Waals surface area contributed by atoms with Crippen molar-refractivity contribution in [3.63, 3.8) is 0 Å². The van der Waals surface area contributed by atoms with Crippen molar-refractivity contribution >= 4 is 16.2 Å². The van der Waals surface area contributed by atoms with Gasteiger partial charge in [0.2, 0.25) is 9.84 Å². The second kappa shape index (κ2) is 3.90. The van der Waals surface area contributed by atoms with Gasteiger partial charge < -0.3 is 4.74 Å². The number of nitrogens with zero attached hydrogens (tertiary/aromatic N) is 1. The number of hydrogen-bond acceptors (Lipinski definition) is 4. The first kappa shape index (κ1) is 11.1. The lowest BCUT2D eigenvalue weighted by molar-refractivity contribution is 0.244. The van der Waals surface area contributed by atoms with E-state index >= 15 is 0 Å². The summed E-state index contributed by atoms with van der Waals surface area (Å²) in [5.41, 5.74) is 1.03. The molecule has 0 amide bonds. The summed E-state index contributed by atoms with van der Waals surface area (Å²) in [6.45, 7) is 3.61. The SMILES string of the molecule is Cc1ccc(S(=O)(=O)C2N=COC2C)cc1. The number of aliphatic imine (C=N–C) groups is 1. The summed E-state index contributed by atoms with van der Waals surface area (Å²) >= 11 is 0. The smallest absolute Gasteiger partial charge is 0.205 e. The Labute approximate surface area is 94.9 Å². The molecule has 0 saturated heterocycles. The predicted octanol–water partition coefficient (Wildman–Crippen LogP) is 1.54. The van der Waals surface area contributed by atoms with Crippen molar-refractivity contribution in [1.82, 2.24) is 0 Å². The van der Waals surface area contributed by atoms with E-state index in [1.165, 1.54) is 6.40 Å². The Kier molecular flexibility index (Phi) is 2.71. The fourth-order valence-electron chi connectivity index (χ4n) is 1.58.